The van der Waals surface area contributed by atoms with Crippen LogP contribution in [0.5, 0.6) is 0 Å². The Morgan fingerprint density at radius 3 is 2.38 bits per heavy atom. The lowest BCUT2D eigenvalue weighted by atomic mass is 10.1. The number of amides is 2. The van der Waals surface area contributed by atoms with Crippen molar-refractivity contribution >= 4 is 51.7 Å². The molecule has 0 aliphatic rings. The van der Waals surface area contributed by atoms with E-state index in [-0.39, 0.29) is 17.6 Å². The van der Waals surface area contributed by atoms with Gasteiger partial charge in [0.15, 0.2) is 4.34 Å². The van der Waals surface area contributed by atoms with Crippen LogP contribution in [0.4, 0.5) is 10.8 Å². The molecule has 10 heteroatoms. The van der Waals surface area contributed by atoms with Crippen molar-refractivity contribution < 1.29 is 19.1 Å². The average molecular weight is 471 g/mol. The van der Waals surface area contributed by atoms with Gasteiger partial charge in [-0.3, -0.25) is 14.9 Å². The molecule has 0 fully saturated rings. The summed E-state index contributed by atoms with van der Waals surface area (Å²) in [6.07, 6.45) is 0. The van der Waals surface area contributed by atoms with E-state index in [2.05, 4.69) is 20.8 Å². The zero-order valence-electron chi connectivity index (χ0n) is 17.8. The van der Waals surface area contributed by atoms with Gasteiger partial charge in [0, 0.05) is 11.3 Å². The van der Waals surface area contributed by atoms with Gasteiger partial charge in [0.2, 0.25) is 11.0 Å². The van der Waals surface area contributed by atoms with Crippen LogP contribution in [-0.2, 0) is 9.53 Å². The maximum Gasteiger partial charge on any atom is 0.338 e. The van der Waals surface area contributed by atoms with Crippen LogP contribution in [0.15, 0.2) is 46.8 Å². The van der Waals surface area contributed by atoms with Crippen molar-refractivity contribution in [3.63, 3.8) is 0 Å². The molecule has 2 aromatic carbocycles. The molecule has 8 nitrogen and oxygen atoms in total. The van der Waals surface area contributed by atoms with Gasteiger partial charge in [-0.25, -0.2) is 4.79 Å². The lowest BCUT2D eigenvalue weighted by Gasteiger charge is -2.06. The van der Waals surface area contributed by atoms with E-state index in [9.17, 15) is 14.4 Å². The summed E-state index contributed by atoms with van der Waals surface area (Å²) in [7, 11) is 0. The first-order valence-corrected chi connectivity index (χ1v) is 11.6. The number of nitrogens with zero attached hydrogens (tertiary/aromatic N) is 2. The van der Waals surface area contributed by atoms with Gasteiger partial charge >= 0.3 is 5.97 Å². The van der Waals surface area contributed by atoms with E-state index in [1.54, 1.807) is 37.3 Å². The molecule has 0 saturated heterocycles. The summed E-state index contributed by atoms with van der Waals surface area (Å²) in [5.74, 6) is -0.767. The van der Waals surface area contributed by atoms with Crippen LogP contribution >= 0.6 is 23.1 Å². The van der Waals surface area contributed by atoms with E-state index < -0.39 is 5.97 Å². The lowest BCUT2D eigenvalue weighted by molar-refractivity contribution is -0.113. The fourth-order valence-electron chi connectivity index (χ4n) is 2.60. The minimum atomic E-state index is -0.405. The van der Waals surface area contributed by atoms with E-state index in [1.807, 2.05) is 26.0 Å². The zero-order valence-corrected chi connectivity index (χ0v) is 19.4. The smallest absolute Gasteiger partial charge is 0.338 e. The minimum absolute atomic E-state index is 0.124. The van der Waals surface area contributed by atoms with E-state index in [4.69, 9.17) is 4.74 Å². The predicted molar refractivity (Wildman–Crippen MR) is 126 cm³/mol. The molecule has 2 N–H and O–H groups in total. The molecule has 1 aromatic heterocycles. The van der Waals surface area contributed by atoms with Crippen LogP contribution in [0.2, 0.25) is 0 Å². The molecule has 3 aromatic rings. The largest absolute Gasteiger partial charge is 0.462 e. The predicted octanol–water partition coefficient (Wildman–Crippen LogP) is 4.31. The second kappa shape index (κ2) is 10.9. The van der Waals surface area contributed by atoms with E-state index in [1.165, 1.54) is 23.1 Å². The summed E-state index contributed by atoms with van der Waals surface area (Å²) < 4.78 is 5.49. The molecule has 0 radical (unpaired) electrons. The number of carbonyl (C=O) groups excluding carboxylic acids is 3. The Balaban J connectivity index is 1.49. The minimum Gasteiger partial charge on any atom is -0.462 e. The zero-order chi connectivity index (χ0) is 23.1. The summed E-state index contributed by atoms with van der Waals surface area (Å²) in [5, 5.41) is 13.8. The summed E-state index contributed by atoms with van der Waals surface area (Å²) in [6, 6.07) is 11.9. The summed E-state index contributed by atoms with van der Waals surface area (Å²) in [4.78, 5) is 36.3. The van der Waals surface area contributed by atoms with Crippen LogP contribution < -0.4 is 10.6 Å². The van der Waals surface area contributed by atoms with E-state index in [0.29, 0.717) is 32.9 Å². The standard InChI is InChI=1S/C22H22N4O4S2/c1-4-30-20(29)15-7-9-17(10-8-15)23-18(27)12-31-22-26-25-21(32-22)24-19(28)16-6-5-13(2)14(3)11-16/h5-11H,4,12H2,1-3H3,(H,23,27)(H,24,25,28). The van der Waals surface area contributed by atoms with Crippen molar-refractivity contribution in [2.24, 2.45) is 0 Å². The first-order chi connectivity index (χ1) is 15.4. The summed E-state index contributed by atoms with van der Waals surface area (Å²) in [6.45, 7) is 5.98. The molecule has 0 unspecified atom stereocenters. The highest BCUT2D eigenvalue weighted by molar-refractivity contribution is 8.01. The number of ether oxygens (including phenoxy) is 1. The number of thioether (sulfide) groups is 1. The number of aryl methyl sites for hydroxylation is 2. The van der Waals surface area contributed by atoms with Crippen molar-refractivity contribution in [1.82, 2.24) is 10.2 Å². The van der Waals surface area contributed by atoms with Crippen molar-refractivity contribution in [3.8, 4) is 0 Å². The monoisotopic (exact) mass is 470 g/mol. The molecule has 1 heterocycles. The topological polar surface area (TPSA) is 110 Å². The Hall–Kier alpha value is -3.24. The fraction of sp³-hybridized carbons (Fsp3) is 0.227. The van der Waals surface area contributed by atoms with Crippen molar-refractivity contribution in [1.29, 1.82) is 0 Å². The SMILES string of the molecule is CCOC(=O)c1ccc(NC(=O)CSc2nnc(NC(=O)c3ccc(C)c(C)c3)s2)cc1. The number of carbonyl (C=O) groups is 3. The number of nitrogens with one attached hydrogen (secondary N) is 2. The Morgan fingerprint density at radius 1 is 0.969 bits per heavy atom. The number of hydrogen-bond donors (Lipinski definition) is 2. The van der Waals surface area contributed by atoms with Crippen molar-refractivity contribution in [3.05, 3.63) is 64.7 Å². The summed E-state index contributed by atoms with van der Waals surface area (Å²) in [5.41, 5.74) is 3.69. The first-order valence-electron chi connectivity index (χ1n) is 9.77. The fourth-order valence-corrected chi connectivity index (χ4v) is 4.15. The van der Waals surface area contributed by atoms with Gasteiger partial charge in [0.05, 0.1) is 17.9 Å². The van der Waals surface area contributed by atoms with Gasteiger partial charge in [-0.2, -0.15) is 0 Å². The molecule has 0 aliphatic carbocycles. The Morgan fingerprint density at radius 2 is 1.69 bits per heavy atom. The molecular formula is C22H22N4O4S2. The molecule has 0 atom stereocenters. The molecule has 0 bridgehead atoms. The quantitative estimate of drug-likeness (QED) is 0.287. The third-order valence-corrected chi connectivity index (χ3v) is 6.37. The van der Waals surface area contributed by atoms with Gasteiger partial charge < -0.3 is 10.1 Å². The number of aromatic nitrogens is 2. The molecule has 32 heavy (non-hydrogen) atoms. The Labute approximate surface area is 193 Å². The first kappa shape index (κ1) is 23.4. The molecule has 0 saturated carbocycles. The van der Waals surface area contributed by atoms with Crippen LogP contribution in [0.3, 0.4) is 0 Å². The van der Waals surface area contributed by atoms with Gasteiger partial charge in [-0.05, 0) is 68.3 Å². The molecule has 166 valence electrons. The van der Waals surface area contributed by atoms with Crippen LogP contribution in [-0.4, -0.2) is 40.3 Å². The highest BCUT2D eigenvalue weighted by atomic mass is 32.2. The van der Waals surface area contributed by atoms with Gasteiger partial charge in [0.25, 0.3) is 5.91 Å². The summed E-state index contributed by atoms with van der Waals surface area (Å²) >= 11 is 2.42. The van der Waals surface area contributed by atoms with E-state index >= 15 is 0 Å². The molecule has 3 rings (SSSR count). The average Bonchev–Trinajstić information content (AvgIpc) is 3.22. The van der Waals surface area contributed by atoms with Crippen LogP contribution in [0.1, 0.15) is 38.8 Å². The van der Waals surface area contributed by atoms with E-state index in [0.717, 1.165) is 11.1 Å². The molecule has 0 aliphatic heterocycles. The number of benzene rings is 2. The Bertz CT molecular complexity index is 1130. The third kappa shape index (κ3) is 6.38. The van der Waals surface area contributed by atoms with Gasteiger partial charge in [0.1, 0.15) is 0 Å². The number of anilines is 2. The van der Waals surface area contributed by atoms with Gasteiger partial charge in [-0.1, -0.05) is 29.2 Å². The highest BCUT2D eigenvalue weighted by Gasteiger charge is 2.13. The third-order valence-electron chi connectivity index (χ3n) is 4.40. The maximum atomic E-state index is 12.4. The van der Waals surface area contributed by atoms with Crippen LogP contribution in [0, 0.1) is 13.8 Å². The molecular weight excluding hydrogens is 448 g/mol. The number of hydrogen-bond acceptors (Lipinski definition) is 8. The maximum absolute atomic E-state index is 12.4. The van der Waals surface area contributed by atoms with Crippen LogP contribution in [0.25, 0.3) is 0 Å². The normalized spacial score (nSPS) is 10.5. The number of esters is 1. The van der Waals surface area contributed by atoms with Crippen molar-refractivity contribution in [2.75, 3.05) is 23.0 Å². The van der Waals surface area contributed by atoms with Crippen molar-refractivity contribution in [2.45, 2.75) is 25.1 Å². The second-order valence-electron chi connectivity index (χ2n) is 6.76. The second-order valence-corrected chi connectivity index (χ2v) is 8.96. The number of rotatable bonds is 8. The molecule has 2 amide bonds. The Kier molecular flexibility index (Phi) is 7.96. The highest BCUT2D eigenvalue weighted by Crippen LogP contribution is 2.26. The lowest BCUT2D eigenvalue weighted by Crippen LogP contribution is -2.14. The molecule has 0 spiro atoms. The van der Waals surface area contributed by atoms with Gasteiger partial charge in [-0.15, -0.1) is 10.2 Å².